The maximum absolute atomic E-state index is 12.5. The summed E-state index contributed by atoms with van der Waals surface area (Å²) in [7, 11) is 0. The zero-order chi connectivity index (χ0) is 36.7. The summed E-state index contributed by atoms with van der Waals surface area (Å²) in [6.07, 6.45) is 1.66. The molecule has 0 bridgehead atoms. The van der Waals surface area contributed by atoms with Crippen LogP contribution < -0.4 is 28.4 Å². The molecule has 0 aliphatic rings. The number of esters is 6. The van der Waals surface area contributed by atoms with Gasteiger partial charge in [0.25, 0.3) is 0 Å². The van der Waals surface area contributed by atoms with E-state index in [1.165, 1.54) is 59.7 Å². The van der Waals surface area contributed by atoms with Gasteiger partial charge in [-0.2, -0.15) is 0 Å². The summed E-state index contributed by atoms with van der Waals surface area (Å²) in [6, 6.07) is 11.1. The number of aromatic nitrogens is 3. The minimum atomic E-state index is -0.722. The predicted molar refractivity (Wildman–Crippen MR) is 181 cm³/mol. The molecule has 0 saturated heterocycles. The first-order chi connectivity index (χ1) is 24.2. The molecular weight excluding hydrogens is 666 g/mol. The van der Waals surface area contributed by atoms with Crippen molar-refractivity contribution in [1.82, 2.24) is 15.0 Å². The van der Waals surface area contributed by atoms with Gasteiger partial charge < -0.3 is 43.4 Å². The fourth-order valence-electron chi connectivity index (χ4n) is 5.74. The first kappa shape index (κ1) is 34.0. The van der Waals surface area contributed by atoms with Crippen LogP contribution in [0.1, 0.15) is 41.5 Å². The van der Waals surface area contributed by atoms with Crippen molar-refractivity contribution in [1.29, 1.82) is 0 Å². The van der Waals surface area contributed by atoms with Crippen LogP contribution in [0.15, 0.2) is 48.7 Å². The van der Waals surface area contributed by atoms with Crippen LogP contribution in [0.3, 0.4) is 0 Å². The van der Waals surface area contributed by atoms with Gasteiger partial charge in [-0.25, -0.2) is 0 Å². The summed E-state index contributed by atoms with van der Waals surface area (Å²) >= 11 is 0. The number of hydrogen-bond donors (Lipinski definition) is 3. The summed E-state index contributed by atoms with van der Waals surface area (Å²) in [6.45, 7) is 7.19. The molecule has 3 heterocycles. The normalized spacial score (nSPS) is 11.0. The molecule has 0 aliphatic carbocycles. The summed E-state index contributed by atoms with van der Waals surface area (Å²) in [5.41, 5.74) is 2.58. The van der Waals surface area contributed by atoms with E-state index in [0.29, 0.717) is 49.7 Å². The Morgan fingerprint density at radius 3 is 1.43 bits per heavy atom. The van der Waals surface area contributed by atoms with Gasteiger partial charge in [0.05, 0.1) is 33.5 Å². The summed E-state index contributed by atoms with van der Waals surface area (Å²) in [5.74, 6) is -4.36. The van der Waals surface area contributed by atoms with Gasteiger partial charge in [0.2, 0.25) is 0 Å². The van der Waals surface area contributed by atoms with Gasteiger partial charge in [0.1, 0.15) is 0 Å². The van der Waals surface area contributed by atoms with E-state index in [0.717, 1.165) is 0 Å². The Bertz CT molecular complexity index is 2410. The highest BCUT2D eigenvalue weighted by atomic mass is 16.6. The Kier molecular flexibility index (Phi) is 8.79. The lowest BCUT2D eigenvalue weighted by atomic mass is 10.0. The van der Waals surface area contributed by atoms with Crippen molar-refractivity contribution in [2.45, 2.75) is 41.5 Å². The van der Waals surface area contributed by atoms with Crippen molar-refractivity contribution in [3.05, 3.63) is 48.7 Å². The Labute approximate surface area is 287 Å². The second kappa shape index (κ2) is 13.2. The summed E-state index contributed by atoms with van der Waals surface area (Å²) < 4.78 is 32.9. The Morgan fingerprint density at radius 1 is 0.451 bits per heavy atom. The van der Waals surface area contributed by atoms with Crippen molar-refractivity contribution in [3.63, 3.8) is 0 Å². The number of carbonyl (C=O) groups is 6. The molecule has 260 valence electrons. The highest BCUT2D eigenvalue weighted by molar-refractivity contribution is 6.08. The zero-order valence-corrected chi connectivity index (χ0v) is 28.0. The van der Waals surface area contributed by atoms with E-state index >= 15 is 0 Å². The average molecular weight is 696 g/mol. The molecule has 0 atom stereocenters. The SMILES string of the molecule is CC(=O)Oc1cc2cc(-c3c(OC(C)=O)c(OC(C)=O)cc4cc(-c5c(OC(C)=O)c(OC(C)=O)cc6cc[nH]c56)[nH]c34)[nH]c2cc1OC(C)=O. The third kappa shape index (κ3) is 6.85. The molecule has 0 amide bonds. The van der Waals surface area contributed by atoms with Crippen LogP contribution in [0, 0.1) is 0 Å². The van der Waals surface area contributed by atoms with Crippen LogP contribution in [0.2, 0.25) is 0 Å². The van der Waals surface area contributed by atoms with Crippen LogP contribution in [0.4, 0.5) is 0 Å². The molecule has 3 aromatic heterocycles. The molecule has 0 aliphatic heterocycles. The van der Waals surface area contributed by atoms with E-state index in [4.69, 9.17) is 28.4 Å². The molecule has 15 nitrogen and oxygen atoms in total. The van der Waals surface area contributed by atoms with Crippen molar-refractivity contribution < 1.29 is 57.2 Å². The van der Waals surface area contributed by atoms with Gasteiger partial charge in [0.15, 0.2) is 34.5 Å². The van der Waals surface area contributed by atoms with Gasteiger partial charge in [-0.3, -0.25) is 28.8 Å². The maximum Gasteiger partial charge on any atom is 0.308 e. The lowest BCUT2D eigenvalue weighted by Gasteiger charge is -2.15. The van der Waals surface area contributed by atoms with E-state index < -0.39 is 35.8 Å². The van der Waals surface area contributed by atoms with Crippen LogP contribution in [-0.2, 0) is 28.8 Å². The number of ether oxygens (including phenoxy) is 6. The molecule has 0 radical (unpaired) electrons. The van der Waals surface area contributed by atoms with Crippen molar-refractivity contribution >= 4 is 68.5 Å². The Morgan fingerprint density at radius 2 is 0.882 bits per heavy atom. The molecule has 0 spiro atoms. The van der Waals surface area contributed by atoms with E-state index in [2.05, 4.69) is 15.0 Å². The molecule has 6 rings (SSSR count). The van der Waals surface area contributed by atoms with Gasteiger partial charge in [-0.05, 0) is 36.4 Å². The first-order valence-corrected chi connectivity index (χ1v) is 15.3. The number of fused-ring (bicyclic) bond motifs is 3. The van der Waals surface area contributed by atoms with Crippen molar-refractivity contribution in [2.75, 3.05) is 0 Å². The molecule has 15 heteroatoms. The Hall–Kier alpha value is -6.90. The second-order valence-corrected chi connectivity index (χ2v) is 11.4. The monoisotopic (exact) mass is 695 g/mol. The number of rotatable bonds is 8. The third-order valence-electron chi connectivity index (χ3n) is 7.33. The third-order valence-corrected chi connectivity index (χ3v) is 7.33. The highest BCUT2D eigenvalue weighted by Gasteiger charge is 2.27. The van der Waals surface area contributed by atoms with Gasteiger partial charge in [0, 0.05) is 75.5 Å². The quantitative estimate of drug-likeness (QED) is 0.124. The molecule has 0 unspecified atom stereocenters. The minimum absolute atomic E-state index is 0.0114. The number of H-pyrrole nitrogens is 3. The van der Waals surface area contributed by atoms with Crippen LogP contribution in [0.5, 0.6) is 34.5 Å². The van der Waals surface area contributed by atoms with Crippen LogP contribution >= 0.6 is 0 Å². The number of aromatic amines is 3. The predicted octanol–water partition coefficient (Wildman–Crippen LogP) is 6.02. The zero-order valence-electron chi connectivity index (χ0n) is 28.0. The number of carbonyl (C=O) groups excluding carboxylic acids is 6. The number of nitrogens with one attached hydrogen (secondary N) is 3. The van der Waals surface area contributed by atoms with Gasteiger partial charge in [-0.15, -0.1) is 0 Å². The standard InChI is InChI=1S/C36H29N3O12/c1-15(40)46-27-12-22-9-25(38-24(22)14-28(27)47-16(2)41)32-34-23(13-30(49-18(4)43)36(32)51-20(6)45)10-26(39-34)31-33-21(7-8-37-33)11-29(48-17(3)42)35(31)50-19(5)44/h7-14,37-39H,1-6H3. The first-order valence-electron chi connectivity index (χ1n) is 15.3. The second-order valence-electron chi connectivity index (χ2n) is 11.4. The number of benzene rings is 3. The van der Waals surface area contributed by atoms with E-state index in [9.17, 15) is 28.8 Å². The fourth-order valence-corrected chi connectivity index (χ4v) is 5.74. The number of hydrogen-bond acceptors (Lipinski definition) is 12. The van der Waals surface area contributed by atoms with E-state index in [-0.39, 0.29) is 40.1 Å². The molecular formula is C36H29N3O12. The molecule has 3 aromatic carbocycles. The average Bonchev–Trinajstić information content (AvgIpc) is 3.74. The fraction of sp³-hybridized carbons (Fsp3) is 0.167. The summed E-state index contributed by atoms with van der Waals surface area (Å²) in [5, 5.41) is 1.58. The molecule has 3 N–H and O–H groups in total. The lowest BCUT2D eigenvalue weighted by Crippen LogP contribution is -2.08. The van der Waals surface area contributed by atoms with E-state index in [1.54, 1.807) is 30.5 Å². The van der Waals surface area contributed by atoms with E-state index in [1.807, 2.05) is 0 Å². The molecule has 51 heavy (non-hydrogen) atoms. The molecule has 0 saturated carbocycles. The topological polar surface area (TPSA) is 205 Å². The lowest BCUT2D eigenvalue weighted by molar-refractivity contribution is -0.134. The minimum Gasteiger partial charge on any atom is -0.423 e. The van der Waals surface area contributed by atoms with Crippen LogP contribution in [0.25, 0.3) is 55.2 Å². The van der Waals surface area contributed by atoms with Crippen LogP contribution in [-0.4, -0.2) is 50.8 Å². The van der Waals surface area contributed by atoms with Crippen molar-refractivity contribution in [2.24, 2.45) is 0 Å². The maximum atomic E-state index is 12.5. The van der Waals surface area contributed by atoms with Gasteiger partial charge in [-0.1, -0.05) is 0 Å². The van der Waals surface area contributed by atoms with Crippen molar-refractivity contribution in [3.8, 4) is 57.0 Å². The largest absolute Gasteiger partial charge is 0.423 e. The smallest absolute Gasteiger partial charge is 0.308 e. The van der Waals surface area contributed by atoms with Gasteiger partial charge >= 0.3 is 35.8 Å². The molecule has 0 fully saturated rings. The molecule has 6 aromatic rings. The summed E-state index contributed by atoms with van der Waals surface area (Å²) in [4.78, 5) is 82.6. The highest BCUT2D eigenvalue weighted by Crippen LogP contribution is 2.49. The Balaban J connectivity index is 1.69.